The molecule has 0 aromatic heterocycles. The average Bonchev–Trinajstić information content (AvgIpc) is 3.09. The lowest BCUT2D eigenvalue weighted by atomic mass is 9.97. The number of ether oxygens (including phenoxy) is 2. The zero-order valence-corrected chi connectivity index (χ0v) is 14.2. The second-order valence-electron chi connectivity index (χ2n) is 6.57. The lowest BCUT2D eigenvalue weighted by molar-refractivity contribution is 0.0113. The highest BCUT2D eigenvalue weighted by Crippen LogP contribution is 2.26. The van der Waals surface area contributed by atoms with E-state index in [0.29, 0.717) is 32.2 Å². The Kier molecular flexibility index (Phi) is 5.53. The Hall–Kier alpha value is -1.85. The van der Waals surface area contributed by atoms with E-state index in [1.807, 2.05) is 42.2 Å². The lowest BCUT2D eigenvalue weighted by Crippen LogP contribution is -2.49. The molecule has 5 nitrogen and oxygen atoms in total. The first-order valence-corrected chi connectivity index (χ1v) is 8.61. The second-order valence-corrected chi connectivity index (χ2v) is 6.57. The summed E-state index contributed by atoms with van der Waals surface area (Å²) < 4.78 is 11.3. The van der Waals surface area contributed by atoms with Gasteiger partial charge < -0.3 is 19.7 Å². The molecule has 0 bridgehead atoms. The molecule has 0 radical (unpaired) electrons. The van der Waals surface area contributed by atoms with Gasteiger partial charge in [-0.05, 0) is 18.9 Å². The number of nitrogens with one attached hydrogen (secondary N) is 1. The van der Waals surface area contributed by atoms with Crippen LogP contribution >= 0.6 is 0 Å². The molecule has 3 unspecified atom stereocenters. The van der Waals surface area contributed by atoms with Crippen LogP contribution in [0.25, 0.3) is 0 Å². The van der Waals surface area contributed by atoms with Gasteiger partial charge in [-0.25, -0.2) is 4.79 Å². The van der Waals surface area contributed by atoms with Crippen LogP contribution in [0.2, 0.25) is 0 Å². The van der Waals surface area contributed by atoms with Gasteiger partial charge in [0, 0.05) is 25.6 Å². The molecule has 3 atom stereocenters. The van der Waals surface area contributed by atoms with Crippen molar-refractivity contribution in [3.05, 3.63) is 48.0 Å². The van der Waals surface area contributed by atoms with E-state index in [1.165, 1.54) is 0 Å². The molecule has 1 N–H and O–H groups in total. The first kappa shape index (κ1) is 17.0. The van der Waals surface area contributed by atoms with Crippen molar-refractivity contribution >= 4 is 6.03 Å². The smallest absolute Gasteiger partial charge is 0.318 e. The van der Waals surface area contributed by atoms with Crippen molar-refractivity contribution in [3.8, 4) is 0 Å². The summed E-state index contributed by atoms with van der Waals surface area (Å²) in [6.45, 7) is 9.06. The molecule has 2 aliphatic rings. The second kappa shape index (κ2) is 7.81. The number of morpholine rings is 1. The minimum Gasteiger partial charge on any atom is -0.377 e. The molecule has 2 amide bonds. The standard InChI is InChI=1S/C19H26N2O3/c1-14(2)18-16(8-10-24-18)12-20-19(22)21-9-11-23-13-17(21)15-6-4-3-5-7-15/h3-7,16-18H,1,8-13H2,2H3,(H,20,22). The molecule has 5 heteroatoms. The number of nitrogens with zero attached hydrogens (tertiary/aromatic N) is 1. The maximum Gasteiger partial charge on any atom is 0.318 e. The molecule has 2 aliphatic heterocycles. The summed E-state index contributed by atoms with van der Waals surface area (Å²) in [5.41, 5.74) is 2.14. The highest BCUT2D eigenvalue weighted by molar-refractivity contribution is 5.75. The van der Waals surface area contributed by atoms with E-state index < -0.39 is 0 Å². The van der Waals surface area contributed by atoms with Gasteiger partial charge >= 0.3 is 6.03 Å². The van der Waals surface area contributed by atoms with Crippen LogP contribution in [0.4, 0.5) is 4.79 Å². The van der Waals surface area contributed by atoms with Gasteiger partial charge in [0.1, 0.15) is 0 Å². The van der Waals surface area contributed by atoms with Crippen molar-refractivity contribution < 1.29 is 14.3 Å². The maximum absolute atomic E-state index is 12.7. The summed E-state index contributed by atoms with van der Waals surface area (Å²) in [5.74, 6) is 0.308. The van der Waals surface area contributed by atoms with Crippen LogP contribution in [0.5, 0.6) is 0 Å². The van der Waals surface area contributed by atoms with E-state index in [2.05, 4.69) is 11.9 Å². The van der Waals surface area contributed by atoms with Crippen LogP contribution in [0.3, 0.4) is 0 Å². The summed E-state index contributed by atoms with van der Waals surface area (Å²) in [6.07, 6.45) is 1.02. The van der Waals surface area contributed by atoms with Crippen molar-refractivity contribution in [2.45, 2.75) is 25.5 Å². The summed E-state index contributed by atoms with van der Waals surface area (Å²) >= 11 is 0. The van der Waals surface area contributed by atoms with Crippen LogP contribution in [0.15, 0.2) is 42.5 Å². The Bertz CT molecular complexity index is 575. The van der Waals surface area contributed by atoms with Gasteiger partial charge in [-0.3, -0.25) is 0 Å². The molecular formula is C19H26N2O3. The van der Waals surface area contributed by atoms with Gasteiger partial charge in [-0.1, -0.05) is 42.5 Å². The minimum absolute atomic E-state index is 0.0282. The monoisotopic (exact) mass is 330 g/mol. The molecule has 0 saturated carbocycles. The quantitative estimate of drug-likeness (QED) is 0.864. The van der Waals surface area contributed by atoms with E-state index in [0.717, 1.165) is 24.2 Å². The molecule has 130 valence electrons. The van der Waals surface area contributed by atoms with Crippen LogP contribution in [-0.2, 0) is 9.47 Å². The molecule has 2 fully saturated rings. The van der Waals surface area contributed by atoms with Crippen molar-refractivity contribution in [3.63, 3.8) is 0 Å². The molecule has 24 heavy (non-hydrogen) atoms. The van der Waals surface area contributed by atoms with E-state index >= 15 is 0 Å². The van der Waals surface area contributed by atoms with Crippen molar-refractivity contribution in [2.75, 3.05) is 32.9 Å². The Morgan fingerprint density at radius 2 is 2.12 bits per heavy atom. The number of urea groups is 1. The summed E-state index contributed by atoms with van der Waals surface area (Å²) in [6, 6.07) is 10.00. The van der Waals surface area contributed by atoms with E-state index in [4.69, 9.17) is 9.47 Å². The first-order valence-electron chi connectivity index (χ1n) is 8.61. The largest absolute Gasteiger partial charge is 0.377 e. The Morgan fingerprint density at radius 3 is 2.88 bits per heavy atom. The fraction of sp³-hybridized carbons (Fsp3) is 0.526. The minimum atomic E-state index is -0.0308. The average molecular weight is 330 g/mol. The first-order chi connectivity index (χ1) is 11.7. The lowest BCUT2D eigenvalue weighted by Gasteiger charge is -2.36. The molecule has 2 heterocycles. The number of carbonyl (C=O) groups excluding carboxylic acids is 1. The Balaban J connectivity index is 1.61. The van der Waals surface area contributed by atoms with Gasteiger partial charge in [0.2, 0.25) is 0 Å². The van der Waals surface area contributed by atoms with Crippen molar-refractivity contribution in [1.82, 2.24) is 10.2 Å². The zero-order valence-electron chi connectivity index (χ0n) is 14.2. The zero-order chi connectivity index (χ0) is 16.9. The number of hydrogen-bond acceptors (Lipinski definition) is 3. The molecule has 3 rings (SSSR count). The van der Waals surface area contributed by atoms with E-state index in [-0.39, 0.29) is 18.2 Å². The van der Waals surface area contributed by atoms with Gasteiger partial charge in [0.25, 0.3) is 0 Å². The van der Waals surface area contributed by atoms with E-state index in [1.54, 1.807) is 0 Å². The predicted octanol–water partition coefficient (Wildman–Crippen LogP) is 2.75. The number of benzene rings is 1. The Morgan fingerprint density at radius 1 is 1.33 bits per heavy atom. The number of rotatable bonds is 4. The predicted molar refractivity (Wildman–Crippen MR) is 92.8 cm³/mol. The van der Waals surface area contributed by atoms with Crippen LogP contribution in [0.1, 0.15) is 24.9 Å². The van der Waals surface area contributed by atoms with Crippen molar-refractivity contribution in [1.29, 1.82) is 0 Å². The van der Waals surface area contributed by atoms with Crippen LogP contribution < -0.4 is 5.32 Å². The van der Waals surface area contributed by atoms with Gasteiger partial charge in [0.05, 0.1) is 25.4 Å². The van der Waals surface area contributed by atoms with Gasteiger partial charge in [0.15, 0.2) is 0 Å². The van der Waals surface area contributed by atoms with Gasteiger partial charge in [-0.15, -0.1) is 0 Å². The molecule has 2 saturated heterocycles. The fourth-order valence-electron chi connectivity index (χ4n) is 3.51. The normalized spacial score (nSPS) is 27.0. The molecular weight excluding hydrogens is 304 g/mol. The summed E-state index contributed by atoms with van der Waals surface area (Å²) in [7, 11) is 0. The number of carbonyl (C=O) groups is 1. The van der Waals surface area contributed by atoms with E-state index in [9.17, 15) is 4.79 Å². The third-order valence-corrected chi connectivity index (χ3v) is 4.79. The van der Waals surface area contributed by atoms with Gasteiger partial charge in [-0.2, -0.15) is 0 Å². The highest BCUT2D eigenvalue weighted by atomic mass is 16.5. The third kappa shape index (κ3) is 3.79. The highest BCUT2D eigenvalue weighted by Gasteiger charge is 2.32. The SMILES string of the molecule is C=C(C)C1OCCC1CNC(=O)N1CCOCC1c1ccccc1. The van der Waals surface area contributed by atoms with Crippen LogP contribution in [-0.4, -0.2) is 49.9 Å². The third-order valence-electron chi connectivity index (χ3n) is 4.79. The summed E-state index contributed by atoms with van der Waals surface area (Å²) in [4.78, 5) is 14.6. The topological polar surface area (TPSA) is 50.8 Å². The van der Waals surface area contributed by atoms with Crippen LogP contribution in [0, 0.1) is 5.92 Å². The van der Waals surface area contributed by atoms with Crippen molar-refractivity contribution in [2.24, 2.45) is 5.92 Å². The molecule has 1 aromatic carbocycles. The Labute approximate surface area is 143 Å². The number of amides is 2. The molecule has 0 aliphatic carbocycles. The number of hydrogen-bond donors (Lipinski definition) is 1. The fourth-order valence-corrected chi connectivity index (χ4v) is 3.51. The maximum atomic E-state index is 12.7. The molecule has 1 aromatic rings. The summed E-state index contributed by atoms with van der Waals surface area (Å²) in [5, 5.41) is 3.09. The molecule has 0 spiro atoms.